The first-order chi connectivity index (χ1) is 16.1. The molecule has 0 amide bonds. The van der Waals surface area contributed by atoms with Crippen molar-refractivity contribution in [3.8, 4) is 0 Å². The molecule has 2 unspecified atom stereocenters. The molecule has 6 atom stereocenters. The van der Waals surface area contributed by atoms with Crippen molar-refractivity contribution in [2.45, 2.75) is 75.9 Å². The summed E-state index contributed by atoms with van der Waals surface area (Å²) in [6, 6.07) is 16.3. The van der Waals surface area contributed by atoms with Gasteiger partial charge in [0.1, 0.15) is 24.4 Å². The van der Waals surface area contributed by atoms with Gasteiger partial charge in [0.25, 0.3) is 16.1 Å². The van der Waals surface area contributed by atoms with Gasteiger partial charge < -0.3 is 18.9 Å². The summed E-state index contributed by atoms with van der Waals surface area (Å²) in [6.45, 7) is 7.85. The molecule has 34 heavy (non-hydrogen) atoms. The van der Waals surface area contributed by atoms with E-state index >= 15 is 0 Å². The van der Waals surface area contributed by atoms with E-state index in [4.69, 9.17) is 27.9 Å². The number of fused-ring (bicyclic) bond motifs is 2. The molecule has 0 spiro atoms. The number of ether oxygens (including phenoxy) is 5. The predicted molar refractivity (Wildman–Crippen MR) is 121 cm³/mol. The number of hydrogen-bond donors (Lipinski definition) is 0. The molecule has 3 aliphatic heterocycles. The highest BCUT2D eigenvalue weighted by atomic mass is 32.2. The van der Waals surface area contributed by atoms with E-state index in [9.17, 15) is 8.42 Å². The van der Waals surface area contributed by atoms with Gasteiger partial charge in [-0.3, -0.25) is 8.92 Å². The SMILES string of the molecule is Cc1ccc(S(=O)(=O)OC[C@H]2OC3OC4(C(C)(C)C)O[C@H]2[C@H](OCc2ccccc2)[C@H]3O4)cc1. The summed E-state index contributed by atoms with van der Waals surface area (Å²) in [6.07, 6.45) is -3.17. The molecular formula is C25H30O8S. The molecule has 5 rings (SSSR count). The maximum Gasteiger partial charge on any atom is 0.297 e. The summed E-state index contributed by atoms with van der Waals surface area (Å²) in [4.78, 5) is 0.0864. The zero-order chi connectivity index (χ0) is 24.1. The van der Waals surface area contributed by atoms with E-state index < -0.39 is 52.2 Å². The van der Waals surface area contributed by atoms with Gasteiger partial charge in [-0.2, -0.15) is 8.42 Å². The Kier molecular flexibility index (Phi) is 6.09. The topological polar surface area (TPSA) is 89.5 Å². The minimum absolute atomic E-state index is 0.0864. The number of hydrogen-bond acceptors (Lipinski definition) is 8. The third kappa shape index (κ3) is 4.30. The van der Waals surface area contributed by atoms with Crippen LogP contribution in [0.1, 0.15) is 31.9 Å². The van der Waals surface area contributed by atoms with Crippen LogP contribution >= 0.6 is 0 Å². The van der Waals surface area contributed by atoms with Crippen molar-refractivity contribution in [1.29, 1.82) is 0 Å². The third-order valence-corrected chi connectivity index (χ3v) is 7.64. The van der Waals surface area contributed by atoms with E-state index in [1.54, 1.807) is 12.1 Å². The standard InChI is InChI=1S/C25H30O8S/c1-16-10-12-18(13-11-16)34(26,27)29-15-19-20-21(28-14-17-8-6-5-7-9-17)22-23(30-19)33-25(31-20,32-22)24(2,3)4/h5-13,19-23H,14-15H2,1-4H3/t19-,20-,21+,22-,23?,25?/m1/s1. The second-order valence-corrected chi connectivity index (χ2v) is 11.6. The van der Waals surface area contributed by atoms with Crippen LogP contribution < -0.4 is 0 Å². The maximum atomic E-state index is 12.8. The second-order valence-electron chi connectivity index (χ2n) is 9.94. The molecule has 0 radical (unpaired) electrons. The van der Waals surface area contributed by atoms with Gasteiger partial charge in [0, 0.05) is 5.41 Å². The predicted octanol–water partition coefficient (Wildman–Crippen LogP) is 3.52. The molecular weight excluding hydrogens is 460 g/mol. The number of benzene rings is 2. The minimum Gasteiger partial charge on any atom is -0.368 e. The zero-order valence-electron chi connectivity index (χ0n) is 19.7. The van der Waals surface area contributed by atoms with Gasteiger partial charge >= 0.3 is 0 Å². The van der Waals surface area contributed by atoms with Gasteiger partial charge in [0.2, 0.25) is 0 Å². The average molecular weight is 491 g/mol. The van der Waals surface area contributed by atoms with Crippen LogP contribution in [-0.2, 0) is 44.6 Å². The molecule has 9 heteroatoms. The molecule has 0 aromatic heterocycles. The molecule has 2 aromatic carbocycles. The van der Waals surface area contributed by atoms with Gasteiger partial charge in [0.05, 0.1) is 18.1 Å². The Morgan fingerprint density at radius 3 is 2.29 bits per heavy atom. The molecule has 0 saturated carbocycles. The lowest BCUT2D eigenvalue weighted by Gasteiger charge is -2.48. The average Bonchev–Trinajstić information content (AvgIpc) is 3.02. The fourth-order valence-electron chi connectivity index (χ4n) is 4.39. The summed E-state index contributed by atoms with van der Waals surface area (Å²) < 4.78 is 61.9. The van der Waals surface area contributed by atoms with Crippen LogP contribution in [0.15, 0.2) is 59.5 Å². The van der Waals surface area contributed by atoms with E-state index in [1.807, 2.05) is 58.0 Å². The van der Waals surface area contributed by atoms with Crippen molar-refractivity contribution >= 4 is 10.1 Å². The summed E-state index contributed by atoms with van der Waals surface area (Å²) in [7, 11) is -3.97. The lowest BCUT2D eigenvalue weighted by atomic mass is 9.91. The third-order valence-electron chi connectivity index (χ3n) is 6.35. The summed E-state index contributed by atoms with van der Waals surface area (Å²) in [5.41, 5.74) is 1.44. The Hall–Kier alpha value is -1.85. The first kappa shape index (κ1) is 23.9. The quantitative estimate of drug-likeness (QED) is 0.545. The van der Waals surface area contributed by atoms with Crippen LogP contribution in [-0.4, -0.2) is 51.7 Å². The fourth-order valence-corrected chi connectivity index (χ4v) is 5.30. The Balaban J connectivity index is 1.36. The number of aryl methyl sites for hydroxylation is 1. The Labute approximate surface area is 200 Å². The molecule has 3 aliphatic rings. The van der Waals surface area contributed by atoms with Crippen molar-refractivity contribution in [2.24, 2.45) is 5.41 Å². The molecule has 2 aromatic rings. The monoisotopic (exact) mass is 490 g/mol. The first-order valence-electron chi connectivity index (χ1n) is 11.4. The normalized spacial score (nSPS) is 32.8. The van der Waals surface area contributed by atoms with Gasteiger partial charge in [-0.25, -0.2) is 0 Å². The Morgan fingerprint density at radius 1 is 0.941 bits per heavy atom. The van der Waals surface area contributed by atoms with Crippen LogP contribution in [0.3, 0.4) is 0 Å². The summed E-state index contributed by atoms with van der Waals surface area (Å²) in [5.74, 6) is -1.32. The molecule has 3 saturated heterocycles. The summed E-state index contributed by atoms with van der Waals surface area (Å²) in [5, 5.41) is 0. The second kappa shape index (κ2) is 8.67. The fraction of sp³-hybridized carbons (Fsp3) is 0.520. The van der Waals surface area contributed by atoms with Crippen LogP contribution in [0.4, 0.5) is 0 Å². The largest absolute Gasteiger partial charge is 0.368 e. The molecule has 0 aliphatic carbocycles. The van der Waals surface area contributed by atoms with E-state index in [0.29, 0.717) is 6.61 Å². The number of rotatable bonds is 7. The first-order valence-corrected chi connectivity index (χ1v) is 12.8. The van der Waals surface area contributed by atoms with Crippen molar-refractivity contribution in [2.75, 3.05) is 6.61 Å². The van der Waals surface area contributed by atoms with Gasteiger partial charge in [-0.05, 0) is 24.6 Å². The van der Waals surface area contributed by atoms with Crippen molar-refractivity contribution in [3.63, 3.8) is 0 Å². The highest BCUT2D eigenvalue weighted by molar-refractivity contribution is 7.86. The highest BCUT2D eigenvalue weighted by Gasteiger charge is 2.69. The van der Waals surface area contributed by atoms with E-state index in [-0.39, 0.29) is 11.5 Å². The summed E-state index contributed by atoms with van der Waals surface area (Å²) >= 11 is 0. The Bertz CT molecular complexity index is 1110. The molecule has 3 bridgehead atoms. The lowest BCUT2D eigenvalue weighted by molar-refractivity contribution is -0.430. The maximum absolute atomic E-state index is 12.8. The Morgan fingerprint density at radius 2 is 1.62 bits per heavy atom. The van der Waals surface area contributed by atoms with Crippen LogP contribution in [0.25, 0.3) is 0 Å². The molecule has 8 nitrogen and oxygen atoms in total. The van der Waals surface area contributed by atoms with Crippen LogP contribution in [0, 0.1) is 12.3 Å². The molecule has 0 N–H and O–H groups in total. The van der Waals surface area contributed by atoms with Crippen LogP contribution in [0.2, 0.25) is 0 Å². The van der Waals surface area contributed by atoms with Crippen LogP contribution in [0.5, 0.6) is 0 Å². The molecule has 3 fully saturated rings. The molecule has 184 valence electrons. The highest BCUT2D eigenvalue weighted by Crippen LogP contribution is 2.53. The van der Waals surface area contributed by atoms with Gasteiger partial charge in [0.15, 0.2) is 6.29 Å². The van der Waals surface area contributed by atoms with Gasteiger partial charge in [-0.1, -0.05) is 68.8 Å². The van der Waals surface area contributed by atoms with Crippen molar-refractivity contribution < 1.29 is 36.3 Å². The van der Waals surface area contributed by atoms with Crippen molar-refractivity contribution in [3.05, 3.63) is 65.7 Å². The smallest absolute Gasteiger partial charge is 0.297 e. The van der Waals surface area contributed by atoms with Gasteiger partial charge in [-0.15, -0.1) is 0 Å². The molecule has 3 heterocycles. The van der Waals surface area contributed by atoms with E-state index in [1.165, 1.54) is 12.1 Å². The lowest BCUT2D eigenvalue weighted by Crippen LogP contribution is -2.64. The van der Waals surface area contributed by atoms with E-state index in [2.05, 4.69) is 0 Å². The zero-order valence-corrected chi connectivity index (χ0v) is 20.5. The minimum atomic E-state index is -3.97. The van der Waals surface area contributed by atoms with Crippen molar-refractivity contribution in [1.82, 2.24) is 0 Å². The van der Waals surface area contributed by atoms with E-state index in [0.717, 1.165) is 11.1 Å².